The second kappa shape index (κ2) is 9.71. The maximum absolute atomic E-state index is 12.7. The number of methoxy groups -OCH3 is 1. The Labute approximate surface area is 191 Å². The fourth-order valence-electron chi connectivity index (χ4n) is 4.01. The summed E-state index contributed by atoms with van der Waals surface area (Å²) in [6.45, 7) is 3.93. The normalized spacial score (nSPS) is 16.1. The number of fused-ring (bicyclic) bond motifs is 1. The van der Waals surface area contributed by atoms with Crippen LogP contribution in [-0.2, 0) is 16.1 Å². The first-order chi connectivity index (χ1) is 15.4. The number of halogens is 1. The van der Waals surface area contributed by atoms with Crippen LogP contribution in [0.1, 0.15) is 47.5 Å². The number of carbonyl (C=O) groups excluding carboxylic acids is 2. The monoisotopic (exact) mass is 455 g/mol. The Morgan fingerprint density at radius 2 is 1.94 bits per heavy atom. The average Bonchev–Trinajstić information content (AvgIpc) is 3.25. The average molecular weight is 456 g/mol. The second-order valence-electron chi connectivity index (χ2n) is 8.06. The number of rotatable bonds is 6. The number of hydrogen-bond donors (Lipinski definition) is 1. The number of benzene rings is 2. The summed E-state index contributed by atoms with van der Waals surface area (Å²) in [5.74, 6) is 0.590. The van der Waals surface area contributed by atoms with Crippen molar-refractivity contribution in [2.24, 2.45) is 0 Å². The van der Waals surface area contributed by atoms with Crippen molar-refractivity contribution < 1.29 is 18.7 Å². The molecule has 8 heteroatoms. The van der Waals surface area contributed by atoms with Gasteiger partial charge in [-0.2, -0.15) is 0 Å². The fourth-order valence-corrected chi connectivity index (χ4v) is 4.17. The molecule has 0 saturated carbocycles. The standard InChI is InChI=1S/C24H26ClN3O4/c1-15(22(29)26-14-16-3-5-18(6-4-16)24(30)31-2)28-11-9-17(10-12-28)23-27-20-13-19(25)7-8-21(20)32-23/h3-8,13,15,17H,9-12,14H2,1-2H3,(H,26,29). The van der Waals surface area contributed by atoms with Gasteiger partial charge in [-0.05, 0) is 68.8 Å². The number of hydrogen-bond acceptors (Lipinski definition) is 6. The lowest BCUT2D eigenvalue weighted by molar-refractivity contribution is -0.126. The summed E-state index contributed by atoms with van der Waals surface area (Å²) < 4.78 is 10.6. The predicted octanol–water partition coefficient (Wildman–Crippen LogP) is 4.15. The van der Waals surface area contributed by atoms with Crippen molar-refractivity contribution in [2.75, 3.05) is 20.2 Å². The Bertz CT molecular complexity index is 1100. The van der Waals surface area contributed by atoms with Crippen molar-refractivity contribution in [3.63, 3.8) is 0 Å². The lowest BCUT2D eigenvalue weighted by atomic mass is 9.95. The van der Waals surface area contributed by atoms with Crippen LogP contribution in [0.2, 0.25) is 5.02 Å². The van der Waals surface area contributed by atoms with E-state index in [1.165, 1.54) is 7.11 Å². The molecule has 1 saturated heterocycles. The Balaban J connectivity index is 1.28. The van der Waals surface area contributed by atoms with Gasteiger partial charge in [0.05, 0.1) is 18.7 Å². The minimum atomic E-state index is -0.376. The molecular formula is C24H26ClN3O4. The number of esters is 1. The Morgan fingerprint density at radius 3 is 2.62 bits per heavy atom. The largest absolute Gasteiger partial charge is 0.465 e. The first kappa shape index (κ1) is 22.3. The summed E-state index contributed by atoms with van der Waals surface area (Å²) in [7, 11) is 1.35. The Morgan fingerprint density at radius 1 is 1.22 bits per heavy atom. The highest BCUT2D eigenvalue weighted by Crippen LogP contribution is 2.31. The summed E-state index contributed by atoms with van der Waals surface area (Å²) in [4.78, 5) is 31.0. The molecule has 1 fully saturated rings. The molecule has 0 radical (unpaired) electrons. The van der Waals surface area contributed by atoms with E-state index in [1.54, 1.807) is 18.2 Å². The highest BCUT2D eigenvalue weighted by atomic mass is 35.5. The van der Waals surface area contributed by atoms with Crippen molar-refractivity contribution in [3.05, 3.63) is 64.5 Å². The number of amides is 1. The number of likely N-dealkylation sites (tertiary alicyclic amines) is 1. The summed E-state index contributed by atoms with van der Waals surface area (Å²) >= 11 is 6.04. The van der Waals surface area contributed by atoms with Gasteiger partial charge in [-0.15, -0.1) is 0 Å². The number of oxazole rings is 1. The molecule has 0 spiro atoms. The van der Waals surface area contributed by atoms with Crippen LogP contribution < -0.4 is 5.32 Å². The van der Waals surface area contributed by atoms with Crippen molar-refractivity contribution in [2.45, 2.75) is 38.3 Å². The van der Waals surface area contributed by atoms with E-state index in [0.29, 0.717) is 17.1 Å². The van der Waals surface area contributed by atoms with E-state index in [2.05, 4.69) is 15.2 Å². The van der Waals surface area contributed by atoms with Crippen LogP contribution in [0, 0.1) is 0 Å². The van der Waals surface area contributed by atoms with E-state index in [-0.39, 0.29) is 23.8 Å². The van der Waals surface area contributed by atoms with Crippen LogP contribution in [-0.4, -0.2) is 48.0 Å². The molecule has 1 unspecified atom stereocenters. The van der Waals surface area contributed by atoms with Gasteiger partial charge in [0.2, 0.25) is 5.91 Å². The van der Waals surface area contributed by atoms with Crippen LogP contribution in [0.3, 0.4) is 0 Å². The molecule has 32 heavy (non-hydrogen) atoms. The van der Waals surface area contributed by atoms with Gasteiger partial charge in [-0.3, -0.25) is 9.69 Å². The minimum Gasteiger partial charge on any atom is -0.465 e. The van der Waals surface area contributed by atoms with Crippen LogP contribution in [0.5, 0.6) is 0 Å². The van der Waals surface area contributed by atoms with E-state index in [9.17, 15) is 9.59 Å². The van der Waals surface area contributed by atoms with Gasteiger partial charge in [-0.25, -0.2) is 9.78 Å². The zero-order chi connectivity index (χ0) is 22.7. The molecular weight excluding hydrogens is 430 g/mol. The number of ether oxygens (including phenoxy) is 1. The Hall–Kier alpha value is -2.90. The number of aromatic nitrogens is 1. The van der Waals surface area contributed by atoms with Crippen molar-refractivity contribution in [1.29, 1.82) is 0 Å². The van der Waals surface area contributed by atoms with Crippen molar-refractivity contribution in [1.82, 2.24) is 15.2 Å². The van der Waals surface area contributed by atoms with Gasteiger partial charge < -0.3 is 14.5 Å². The number of piperidine rings is 1. The summed E-state index contributed by atoms with van der Waals surface area (Å²) in [5.41, 5.74) is 2.94. The molecule has 3 aromatic rings. The molecule has 168 valence electrons. The SMILES string of the molecule is COC(=O)c1ccc(CNC(=O)C(C)N2CCC(c3nc4cc(Cl)ccc4o3)CC2)cc1. The lowest BCUT2D eigenvalue weighted by Gasteiger charge is -2.34. The van der Waals surface area contributed by atoms with Crippen LogP contribution in [0.15, 0.2) is 46.9 Å². The highest BCUT2D eigenvalue weighted by Gasteiger charge is 2.29. The third kappa shape index (κ3) is 4.95. The molecule has 0 aliphatic carbocycles. The molecule has 2 heterocycles. The van der Waals surface area contributed by atoms with Gasteiger partial charge >= 0.3 is 5.97 Å². The van der Waals surface area contributed by atoms with Crippen LogP contribution >= 0.6 is 11.6 Å². The molecule has 1 aliphatic rings. The van der Waals surface area contributed by atoms with E-state index in [0.717, 1.165) is 48.5 Å². The van der Waals surface area contributed by atoms with Gasteiger partial charge in [-0.1, -0.05) is 23.7 Å². The maximum Gasteiger partial charge on any atom is 0.337 e. The second-order valence-corrected chi connectivity index (χ2v) is 8.49. The number of nitrogens with zero attached hydrogens (tertiary/aromatic N) is 2. The number of nitrogens with one attached hydrogen (secondary N) is 1. The molecule has 1 aromatic heterocycles. The molecule has 0 bridgehead atoms. The molecule has 1 atom stereocenters. The topological polar surface area (TPSA) is 84.7 Å². The third-order valence-corrected chi connectivity index (χ3v) is 6.25. The summed E-state index contributed by atoms with van der Waals surface area (Å²) in [5, 5.41) is 3.63. The van der Waals surface area contributed by atoms with Gasteiger partial charge in [0.25, 0.3) is 0 Å². The van der Waals surface area contributed by atoms with Crippen molar-refractivity contribution >= 4 is 34.6 Å². The molecule has 1 aliphatic heterocycles. The minimum absolute atomic E-state index is 0.0167. The maximum atomic E-state index is 12.7. The Kier molecular flexibility index (Phi) is 6.77. The van der Waals surface area contributed by atoms with Crippen LogP contribution in [0.25, 0.3) is 11.1 Å². The molecule has 2 aromatic carbocycles. The highest BCUT2D eigenvalue weighted by molar-refractivity contribution is 6.31. The quantitative estimate of drug-likeness (QED) is 0.562. The zero-order valence-corrected chi connectivity index (χ0v) is 18.9. The van der Waals surface area contributed by atoms with E-state index in [4.69, 9.17) is 20.8 Å². The summed E-state index contributed by atoms with van der Waals surface area (Å²) in [6, 6.07) is 12.3. The van der Waals surface area contributed by atoms with Gasteiger partial charge in [0, 0.05) is 17.5 Å². The molecule has 4 rings (SSSR count). The van der Waals surface area contributed by atoms with Gasteiger partial charge in [0.1, 0.15) is 5.52 Å². The fraction of sp³-hybridized carbons (Fsp3) is 0.375. The first-order valence-corrected chi connectivity index (χ1v) is 11.1. The lowest BCUT2D eigenvalue weighted by Crippen LogP contribution is -2.47. The third-order valence-electron chi connectivity index (χ3n) is 6.01. The molecule has 1 amide bonds. The summed E-state index contributed by atoms with van der Waals surface area (Å²) in [6.07, 6.45) is 1.76. The number of carbonyl (C=O) groups is 2. The first-order valence-electron chi connectivity index (χ1n) is 10.7. The van der Waals surface area contributed by atoms with Crippen molar-refractivity contribution in [3.8, 4) is 0 Å². The van der Waals surface area contributed by atoms with E-state index < -0.39 is 0 Å². The zero-order valence-electron chi connectivity index (χ0n) is 18.1. The predicted molar refractivity (Wildman–Crippen MR) is 122 cm³/mol. The molecule has 1 N–H and O–H groups in total. The van der Waals surface area contributed by atoms with Gasteiger partial charge in [0.15, 0.2) is 11.5 Å². The van der Waals surface area contributed by atoms with Crippen LogP contribution in [0.4, 0.5) is 0 Å². The molecule has 7 nitrogen and oxygen atoms in total. The van der Waals surface area contributed by atoms with E-state index >= 15 is 0 Å². The van der Waals surface area contributed by atoms with E-state index in [1.807, 2.05) is 31.2 Å². The smallest absolute Gasteiger partial charge is 0.337 e.